The monoisotopic (exact) mass is 545 g/mol. The van der Waals surface area contributed by atoms with Crippen LogP contribution in [0.25, 0.3) is 11.3 Å². The van der Waals surface area contributed by atoms with Gasteiger partial charge in [0, 0.05) is 6.04 Å². The lowest BCUT2D eigenvalue weighted by Crippen LogP contribution is -2.33. The van der Waals surface area contributed by atoms with Crippen molar-refractivity contribution >= 4 is 28.8 Å². The molecular weight excluding hydrogens is 513 g/mol. The summed E-state index contributed by atoms with van der Waals surface area (Å²) in [5.41, 5.74) is 7.09. The van der Waals surface area contributed by atoms with Gasteiger partial charge >= 0.3 is 5.69 Å². The number of nitrogens with two attached hydrogens (primary N) is 1. The third kappa shape index (κ3) is 8.05. The highest BCUT2D eigenvalue weighted by atomic mass is 35.5. The Hall–Kier alpha value is -3.38. The maximum Gasteiger partial charge on any atom is 0.349 e. The first-order chi connectivity index (χ1) is 17.6. The number of allylic oxidation sites excluding steroid dienone is 1. The molecule has 0 aliphatic rings. The number of H-pyrrole nitrogens is 1. The zero-order chi connectivity index (χ0) is 28.3. The largest absolute Gasteiger partial charge is 0.454 e. The van der Waals surface area contributed by atoms with E-state index in [1.807, 2.05) is 71.7 Å². The van der Waals surface area contributed by atoms with Crippen LogP contribution in [0.4, 0.5) is 0 Å². The average molecular weight is 546 g/mol. The predicted octanol–water partition coefficient (Wildman–Crippen LogP) is 6.39. The van der Waals surface area contributed by atoms with Crippen molar-refractivity contribution in [3.63, 3.8) is 0 Å². The number of hydrogen-bond acceptors (Lipinski definition) is 6. The molecule has 1 heterocycles. The number of rotatable bonds is 6. The summed E-state index contributed by atoms with van der Waals surface area (Å²) < 4.78 is 6.79. The Morgan fingerprint density at radius 2 is 1.78 bits per heavy atom. The summed E-state index contributed by atoms with van der Waals surface area (Å²) in [6.45, 7) is 14.0. The Bertz CT molecular complexity index is 1380. The number of aromatic nitrogens is 3. The summed E-state index contributed by atoms with van der Waals surface area (Å²) in [4.78, 5) is 25.8. The number of aryl methyl sites for hydroxylation is 1. The van der Waals surface area contributed by atoms with Crippen LogP contribution in [0.3, 0.4) is 0 Å². The van der Waals surface area contributed by atoms with Crippen molar-refractivity contribution in [3.05, 3.63) is 84.1 Å². The summed E-state index contributed by atoms with van der Waals surface area (Å²) in [5.74, 6) is 0.692. The lowest BCUT2D eigenvalue weighted by molar-refractivity contribution is 0.482. The molecule has 10 heteroatoms. The number of benzene rings is 2. The Kier molecular flexibility index (Phi) is 12.8. The fourth-order valence-electron chi connectivity index (χ4n) is 3.15. The molecule has 3 rings (SSSR count). The molecule has 0 aliphatic carbocycles. The highest BCUT2D eigenvalue weighted by Crippen LogP contribution is 2.39. The summed E-state index contributed by atoms with van der Waals surface area (Å²) in [6.07, 6.45) is 2.83. The Balaban J connectivity index is 0.00000163. The Morgan fingerprint density at radius 3 is 2.32 bits per heavy atom. The van der Waals surface area contributed by atoms with Crippen LogP contribution in [0.1, 0.15) is 64.8 Å². The number of ether oxygens (including phenoxy) is 1. The number of aromatic amines is 1. The van der Waals surface area contributed by atoms with Gasteiger partial charge in [0.25, 0.3) is 5.56 Å². The average Bonchev–Trinajstić information content (AvgIpc) is 2.89. The second kappa shape index (κ2) is 15.0. The van der Waals surface area contributed by atoms with E-state index < -0.39 is 16.9 Å². The summed E-state index contributed by atoms with van der Waals surface area (Å²) in [5, 5.41) is 13.0. The van der Waals surface area contributed by atoms with Gasteiger partial charge in [0.1, 0.15) is 11.8 Å². The van der Waals surface area contributed by atoms with Gasteiger partial charge in [0.2, 0.25) is 5.69 Å². The van der Waals surface area contributed by atoms with Gasteiger partial charge in [-0.15, -0.1) is 5.10 Å². The maximum atomic E-state index is 12.1. The first-order valence-corrected chi connectivity index (χ1v) is 12.8. The van der Waals surface area contributed by atoms with Crippen molar-refractivity contribution in [3.8, 4) is 23.3 Å². The molecule has 2 aromatic carbocycles. The van der Waals surface area contributed by atoms with Crippen LogP contribution in [-0.2, 0) is 0 Å². The predicted molar refractivity (Wildman–Crippen MR) is 151 cm³/mol. The molecule has 0 fully saturated rings. The maximum absolute atomic E-state index is 12.1. The highest BCUT2D eigenvalue weighted by molar-refractivity contribution is 6.37. The van der Waals surface area contributed by atoms with Crippen molar-refractivity contribution in [1.82, 2.24) is 14.8 Å². The van der Waals surface area contributed by atoms with Gasteiger partial charge in [-0.3, -0.25) is 9.78 Å². The molecule has 0 amide bonds. The van der Waals surface area contributed by atoms with Crippen LogP contribution in [0.15, 0.2) is 46.0 Å². The summed E-state index contributed by atoms with van der Waals surface area (Å²) in [6, 6.07) is 9.96. The second-order valence-electron chi connectivity index (χ2n) is 7.37. The van der Waals surface area contributed by atoms with E-state index in [1.165, 1.54) is 12.1 Å². The Morgan fingerprint density at radius 1 is 1.19 bits per heavy atom. The molecule has 3 N–H and O–H groups in total. The van der Waals surface area contributed by atoms with Crippen LogP contribution < -0.4 is 21.7 Å². The molecule has 198 valence electrons. The third-order valence-electron chi connectivity index (χ3n) is 4.95. The van der Waals surface area contributed by atoms with Crippen LogP contribution in [0, 0.1) is 18.3 Å². The van der Waals surface area contributed by atoms with Crippen molar-refractivity contribution in [2.45, 2.75) is 60.9 Å². The minimum atomic E-state index is -0.879. The minimum absolute atomic E-state index is 0.0445. The minimum Gasteiger partial charge on any atom is -0.454 e. The van der Waals surface area contributed by atoms with E-state index in [1.54, 1.807) is 12.1 Å². The first-order valence-electron chi connectivity index (χ1n) is 12.0. The smallest absolute Gasteiger partial charge is 0.349 e. The van der Waals surface area contributed by atoms with Crippen LogP contribution in [-0.4, -0.2) is 20.8 Å². The molecular formula is C27H33Cl2N5O3. The lowest BCUT2D eigenvalue weighted by Gasteiger charge is -2.15. The molecule has 37 heavy (non-hydrogen) atoms. The highest BCUT2D eigenvalue weighted by Gasteiger charge is 2.16. The first kappa shape index (κ1) is 31.6. The molecule has 1 atom stereocenters. The van der Waals surface area contributed by atoms with E-state index in [-0.39, 0.29) is 27.5 Å². The summed E-state index contributed by atoms with van der Waals surface area (Å²) >= 11 is 12.8. The number of nitrogens with zero attached hydrogens (tertiary/aromatic N) is 3. The van der Waals surface area contributed by atoms with Gasteiger partial charge in [-0.1, -0.05) is 70.0 Å². The topological polar surface area (TPSA) is 127 Å². The third-order valence-corrected chi connectivity index (χ3v) is 5.51. The van der Waals surface area contributed by atoms with E-state index in [0.29, 0.717) is 5.75 Å². The molecule has 3 aromatic rings. The molecule has 1 aromatic heterocycles. The van der Waals surface area contributed by atoms with Gasteiger partial charge in [0.05, 0.1) is 15.7 Å². The number of halogens is 2. The van der Waals surface area contributed by atoms with E-state index in [0.717, 1.165) is 27.8 Å². The zero-order valence-electron chi connectivity index (χ0n) is 22.1. The SMILES string of the molecule is CC.CC.CCC(N)/C=C(/C)c1cc(Oc2c(Cl)cc(-n3nc(C#N)c(=O)[nH]c3=O)cc2Cl)ccc1C. The van der Waals surface area contributed by atoms with Crippen LogP contribution in [0.2, 0.25) is 10.0 Å². The molecule has 0 bridgehead atoms. The zero-order valence-corrected chi connectivity index (χ0v) is 23.7. The van der Waals surface area contributed by atoms with Crippen LogP contribution >= 0.6 is 23.2 Å². The fraction of sp³-hybridized carbons (Fsp3) is 0.333. The van der Waals surface area contributed by atoms with Crippen molar-refractivity contribution in [2.24, 2.45) is 5.73 Å². The van der Waals surface area contributed by atoms with E-state index in [4.69, 9.17) is 38.9 Å². The molecule has 0 aliphatic heterocycles. The van der Waals surface area contributed by atoms with Crippen molar-refractivity contribution in [2.75, 3.05) is 0 Å². The van der Waals surface area contributed by atoms with Gasteiger partial charge in [-0.05, 0) is 61.2 Å². The van der Waals surface area contributed by atoms with Crippen LogP contribution in [0.5, 0.6) is 11.5 Å². The summed E-state index contributed by atoms with van der Waals surface area (Å²) in [7, 11) is 0. The fourth-order valence-corrected chi connectivity index (χ4v) is 3.70. The van der Waals surface area contributed by atoms with Gasteiger partial charge < -0.3 is 10.5 Å². The molecule has 0 spiro atoms. The number of nitriles is 1. The van der Waals surface area contributed by atoms with E-state index in [9.17, 15) is 9.59 Å². The molecule has 0 radical (unpaired) electrons. The molecule has 0 saturated carbocycles. The standard InChI is InChI=1S/C23H21Cl2N5O3.2C2H6/c1-4-14(27)7-13(3)17-10-16(6-5-12(17)2)33-21-18(24)8-15(9-19(21)25)30-23(32)28-22(31)20(11-26)29-30;2*1-2/h5-10,14H,4,27H2,1-3H3,(H,28,31,32);2*1-2H3/b13-7-;;. The lowest BCUT2D eigenvalue weighted by atomic mass is 9.99. The normalized spacial score (nSPS) is 11.3. The molecule has 0 saturated heterocycles. The van der Waals surface area contributed by atoms with E-state index >= 15 is 0 Å². The van der Waals surface area contributed by atoms with Gasteiger partial charge in [-0.2, -0.15) is 9.94 Å². The quantitative estimate of drug-likeness (QED) is 0.369. The van der Waals surface area contributed by atoms with Gasteiger partial charge in [0.15, 0.2) is 5.75 Å². The molecule has 8 nitrogen and oxygen atoms in total. The number of hydrogen-bond donors (Lipinski definition) is 2. The molecule has 1 unspecified atom stereocenters. The van der Waals surface area contributed by atoms with Crippen molar-refractivity contribution in [1.29, 1.82) is 5.26 Å². The second-order valence-corrected chi connectivity index (χ2v) is 8.19. The number of nitrogens with one attached hydrogen (secondary N) is 1. The van der Waals surface area contributed by atoms with Crippen molar-refractivity contribution < 1.29 is 4.74 Å². The Labute approximate surface area is 227 Å². The van der Waals surface area contributed by atoms with Gasteiger partial charge in [-0.25, -0.2) is 4.79 Å². The van der Waals surface area contributed by atoms with E-state index in [2.05, 4.69) is 5.10 Å².